The molecule has 5 nitrogen and oxygen atoms in total. The van der Waals surface area contributed by atoms with Gasteiger partial charge in [0.15, 0.2) is 0 Å². The molecular weight excluding hydrogens is 336 g/mol. The highest BCUT2D eigenvalue weighted by Crippen LogP contribution is 2.29. The van der Waals surface area contributed by atoms with Crippen molar-refractivity contribution in [2.45, 2.75) is 0 Å². The van der Waals surface area contributed by atoms with Crippen molar-refractivity contribution in [1.29, 1.82) is 5.26 Å². The molecule has 0 aliphatic heterocycles. The fraction of sp³-hybridized carbons (Fsp3) is 0.182. The average Bonchev–Trinajstić information content (AvgIpc) is 3.14. The molecule has 0 bridgehead atoms. The number of rotatable bonds is 6. The van der Waals surface area contributed by atoms with Gasteiger partial charge in [0.1, 0.15) is 0 Å². The topological polar surface area (TPSA) is 71.9 Å². The number of nitrogens with zero attached hydrogens (tertiary/aromatic N) is 2. The van der Waals surface area contributed by atoms with Crippen LogP contribution in [0.15, 0.2) is 60.7 Å². The number of likely N-dealkylation sites (N-methyl/N-ethyl adjacent to an activating group) is 1. The zero-order valence-corrected chi connectivity index (χ0v) is 15.5. The van der Waals surface area contributed by atoms with Crippen molar-refractivity contribution >= 4 is 5.91 Å². The minimum absolute atomic E-state index is 0.105. The van der Waals surface area contributed by atoms with Crippen molar-refractivity contribution in [3.8, 4) is 28.6 Å². The lowest BCUT2D eigenvalue weighted by Crippen LogP contribution is -2.31. The van der Waals surface area contributed by atoms with E-state index in [-0.39, 0.29) is 5.91 Å². The minimum Gasteiger partial charge on any atom is -0.354 e. The maximum atomic E-state index is 12.8. The number of hydrogen-bond donors (Lipinski definition) is 2. The van der Waals surface area contributed by atoms with Crippen LogP contribution in [-0.2, 0) is 0 Å². The van der Waals surface area contributed by atoms with Gasteiger partial charge < -0.3 is 15.2 Å². The summed E-state index contributed by atoms with van der Waals surface area (Å²) in [6.45, 7) is 1.36. The summed E-state index contributed by atoms with van der Waals surface area (Å²) >= 11 is 0. The first-order valence-corrected chi connectivity index (χ1v) is 8.80. The molecule has 27 heavy (non-hydrogen) atoms. The highest BCUT2D eigenvalue weighted by Gasteiger charge is 2.17. The standard InChI is InChI=1S/C22H22N4O/c1-26(2)13-12-24-22(27)19-14-20(17-10-8-16(15-23)9-11-17)25-21(19)18-6-4-3-5-7-18/h3-11,14,25H,12-13H2,1-2H3,(H,24,27). The predicted molar refractivity (Wildman–Crippen MR) is 107 cm³/mol. The largest absolute Gasteiger partial charge is 0.354 e. The Morgan fingerprint density at radius 1 is 1.07 bits per heavy atom. The van der Waals surface area contributed by atoms with Crippen molar-refractivity contribution in [1.82, 2.24) is 15.2 Å². The summed E-state index contributed by atoms with van der Waals surface area (Å²) in [6.07, 6.45) is 0. The van der Waals surface area contributed by atoms with Gasteiger partial charge in [0.05, 0.1) is 22.9 Å². The zero-order valence-electron chi connectivity index (χ0n) is 15.5. The molecule has 0 unspecified atom stereocenters. The monoisotopic (exact) mass is 358 g/mol. The number of aromatic amines is 1. The first-order chi connectivity index (χ1) is 13.1. The summed E-state index contributed by atoms with van der Waals surface area (Å²) in [5.41, 5.74) is 4.73. The van der Waals surface area contributed by atoms with Crippen LogP contribution < -0.4 is 5.32 Å². The van der Waals surface area contributed by atoms with E-state index < -0.39 is 0 Å². The molecule has 2 N–H and O–H groups in total. The second kappa shape index (κ2) is 8.35. The van der Waals surface area contributed by atoms with Gasteiger partial charge in [0.2, 0.25) is 0 Å². The summed E-state index contributed by atoms with van der Waals surface area (Å²) in [4.78, 5) is 18.2. The number of nitrogens with one attached hydrogen (secondary N) is 2. The molecule has 1 heterocycles. The lowest BCUT2D eigenvalue weighted by atomic mass is 10.1. The fourth-order valence-electron chi connectivity index (χ4n) is 2.83. The maximum Gasteiger partial charge on any atom is 0.253 e. The van der Waals surface area contributed by atoms with Gasteiger partial charge in [-0.2, -0.15) is 5.26 Å². The lowest BCUT2D eigenvalue weighted by Gasteiger charge is -2.10. The molecule has 5 heteroatoms. The lowest BCUT2D eigenvalue weighted by molar-refractivity contribution is 0.0952. The van der Waals surface area contributed by atoms with Crippen LogP contribution in [0.3, 0.4) is 0 Å². The van der Waals surface area contributed by atoms with E-state index >= 15 is 0 Å². The number of aromatic nitrogens is 1. The molecule has 0 spiro atoms. The van der Waals surface area contributed by atoms with E-state index in [4.69, 9.17) is 5.26 Å². The van der Waals surface area contributed by atoms with Crippen LogP contribution in [0.1, 0.15) is 15.9 Å². The number of H-pyrrole nitrogens is 1. The number of nitriles is 1. The quantitative estimate of drug-likeness (QED) is 0.708. The molecule has 0 aliphatic carbocycles. The van der Waals surface area contributed by atoms with Crippen LogP contribution in [0.2, 0.25) is 0 Å². The van der Waals surface area contributed by atoms with Crippen LogP contribution in [-0.4, -0.2) is 43.0 Å². The third kappa shape index (κ3) is 4.43. The van der Waals surface area contributed by atoms with Crippen molar-refractivity contribution in [2.24, 2.45) is 0 Å². The Morgan fingerprint density at radius 2 is 1.78 bits per heavy atom. The van der Waals surface area contributed by atoms with Crippen LogP contribution in [0.4, 0.5) is 0 Å². The molecule has 3 aromatic rings. The van der Waals surface area contributed by atoms with Gasteiger partial charge in [-0.05, 0) is 43.4 Å². The van der Waals surface area contributed by atoms with Gasteiger partial charge in [-0.1, -0.05) is 42.5 Å². The maximum absolute atomic E-state index is 12.8. The first-order valence-electron chi connectivity index (χ1n) is 8.80. The van der Waals surface area contributed by atoms with Crippen LogP contribution in [0.25, 0.3) is 22.5 Å². The fourth-order valence-corrected chi connectivity index (χ4v) is 2.83. The molecule has 1 aromatic heterocycles. The van der Waals surface area contributed by atoms with Crippen molar-refractivity contribution in [3.05, 3.63) is 71.8 Å². The van der Waals surface area contributed by atoms with Crippen LogP contribution in [0, 0.1) is 11.3 Å². The molecule has 0 saturated carbocycles. The van der Waals surface area contributed by atoms with Gasteiger partial charge >= 0.3 is 0 Å². The first kappa shape index (κ1) is 18.4. The van der Waals surface area contributed by atoms with Crippen molar-refractivity contribution in [3.63, 3.8) is 0 Å². The van der Waals surface area contributed by atoms with E-state index in [0.29, 0.717) is 17.7 Å². The summed E-state index contributed by atoms with van der Waals surface area (Å²) in [6, 6.07) is 21.1. The SMILES string of the molecule is CN(C)CCNC(=O)c1cc(-c2ccc(C#N)cc2)[nH]c1-c1ccccc1. The van der Waals surface area contributed by atoms with Crippen LogP contribution >= 0.6 is 0 Å². The Morgan fingerprint density at radius 3 is 2.41 bits per heavy atom. The molecule has 1 amide bonds. The smallest absolute Gasteiger partial charge is 0.253 e. The van der Waals surface area contributed by atoms with Crippen LogP contribution in [0.5, 0.6) is 0 Å². The number of carbonyl (C=O) groups excluding carboxylic acids is 1. The van der Waals surface area contributed by atoms with E-state index in [2.05, 4.69) is 16.4 Å². The molecule has 0 saturated heterocycles. The molecule has 0 radical (unpaired) electrons. The van der Waals surface area contributed by atoms with E-state index in [1.165, 1.54) is 0 Å². The van der Waals surface area contributed by atoms with Gasteiger partial charge in [0, 0.05) is 18.8 Å². The van der Waals surface area contributed by atoms with E-state index in [0.717, 1.165) is 29.1 Å². The highest BCUT2D eigenvalue weighted by atomic mass is 16.1. The summed E-state index contributed by atoms with van der Waals surface area (Å²) in [5.74, 6) is -0.105. The summed E-state index contributed by atoms with van der Waals surface area (Å²) in [5, 5.41) is 12.0. The summed E-state index contributed by atoms with van der Waals surface area (Å²) in [7, 11) is 3.95. The number of benzene rings is 2. The number of amides is 1. The van der Waals surface area contributed by atoms with Gasteiger partial charge in [0.25, 0.3) is 5.91 Å². The van der Waals surface area contributed by atoms with Gasteiger partial charge in [-0.15, -0.1) is 0 Å². The second-order valence-corrected chi connectivity index (χ2v) is 6.59. The molecule has 0 atom stereocenters. The Hall–Kier alpha value is -3.36. The Kier molecular flexibility index (Phi) is 5.70. The Labute approximate surface area is 159 Å². The molecule has 3 rings (SSSR count). The third-order valence-corrected chi connectivity index (χ3v) is 4.29. The normalized spacial score (nSPS) is 10.6. The van der Waals surface area contributed by atoms with Crippen molar-refractivity contribution < 1.29 is 4.79 Å². The van der Waals surface area contributed by atoms with Gasteiger partial charge in [-0.3, -0.25) is 4.79 Å². The minimum atomic E-state index is -0.105. The van der Waals surface area contributed by atoms with Gasteiger partial charge in [-0.25, -0.2) is 0 Å². The molecule has 0 aliphatic rings. The number of hydrogen-bond acceptors (Lipinski definition) is 3. The molecular formula is C22H22N4O. The summed E-state index contributed by atoms with van der Waals surface area (Å²) < 4.78 is 0. The number of carbonyl (C=O) groups is 1. The van der Waals surface area contributed by atoms with E-state index in [1.54, 1.807) is 12.1 Å². The predicted octanol–water partition coefficient (Wildman–Crippen LogP) is 3.51. The Balaban J connectivity index is 1.96. The van der Waals surface area contributed by atoms with E-state index in [1.807, 2.05) is 67.5 Å². The molecule has 0 fully saturated rings. The van der Waals surface area contributed by atoms with E-state index in [9.17, 15) is 4.79 Å². The second-order valence-electron chi connectivity index (χ2n) is 6.59. The Bertz CT molecular complexity index is 950. The highest BCUT2D eigenvalue weighted by molar-refractivity contribution is 6.01. The molecule has 2 aromatic carbocycles. The average molecular weight is 358 g/mol. The third-order valence-electron chi connectivity index (χ3n) is 4.29. The molecule has 136 valence electrons. The zero-order chi connectivity index (χ0) is 19.2. The van der Waals surface area contributed by atoms with Crippen molar-refractivity contribution in [2.75, 3.05) is 27.2 Å².